The molecular formula is C25H21FIN5O4S. The summed E-state index contributed by atoms with van der Waals surface area (Å²) in [6.45, 7) is 0.0424. The minimum atomic E-state index is -0.889. The molecule has 9 nitrogen and oxygen atoms in total. The van der Waals surface area contributed by atoms with Gasteiger partial charge in [0.15, 0.2) is 0 Å². The van der Waals surface area contributed by atoms with E-state index in [1.54, 1.807) is 41.9 Å². The first-order valence-electron chi connectivity index (χ1n) is 11.3. The molecule has 3 heterocycles. The van der Waals surface area contributed by atoms with Crippen LogP contribution in [-0.2, 0) is 11.2 Å². The van der Waals surface area contributed by atoms with Gasteiger partial charge in [0.2, 0.25) is 0 Å². The monoisotopic (exact) mass is 633 g/mol. The van der Waals surface area contributed by atoms with E-state index < -0.39 is 29.8 Å². The molecule has 1 saturated heterocycles. The molecule has 0 spiro atoms. The molecule has 2 aromatic heterocycles. The van der Waals surface area contributed by atoms with Crippen molar-refractivity contribution < 1.29 is 23.8 Å². The summed E-state index contributed by atoms with van der Waals surface area (Å²) in [5.74, 6) is 0.0453. The molecule has 1 unspecified atom stereocenters. The average molecular weight is 633 g/mol. The topological polar surface area (TPSA) is 120 Å². The highest BCUT2D eigenvalue weighted by Crippen LogP contribution is 2.33. The van der Waals surface area contributed by atoms with Crippen LogP contribution in [0.4, 0.5) is 9.18 Å². The number of thiazole rings is 1. The highest BCUT2D eigenvalue weighted by Gasteiger charge is 2.44. The molecule has 3 N–H and O–H groups in total. The summed E-state index contributed by atoms with van der Waals surface area (Å²) in [5.41, 5.74) is 3.74. The minimum absolute atomic E-state index is 0.112. The summed E-state index contributed by atoms with van der Waals surface area (Å²) in [6.07, 6.45) is 1.74. The SMILES string of the molecule is O=C1NC(c2ccc(OCCO)cc2)C(=O)N1[C@@H](Cc1cscn1)c1ncc(-c2ccc(I)cc2F)[nH]1. The molecule has 12 heteroatoms. The van der Waals surface area contributed by atoms with E-state index in [0.29, 0.717) is 34.1 Å². The predicted molar refractivity (Wildman–Crippen MR) is 142 cm³/mol. The largest absolute Gasteiger partial charge is 0.491 e. The Morgan fingerprint density at radius 1 is 1.19 bits per heavy atom. The predicted octanol–water partition coefficient (Wildman–Crippen LogP) is 4.22. The van der Waals surface area contributed by atoms with Crippen molar-refractivity contribution in [2.45, 2.75) is 18.5 Å². The number of aromatic nitrogens is 3. The number of carbonyl (C=O) groups excluding carboxylic acids is 2. The summed E-state index contributed by atoms with van der Waals surface area (Å²) in [7, 11) is 0. The second-order valence-corrected chi connectivity index (χ2v) is 10.2. The Hall–Kier alpha value is -3.36. The van der Waals surface area contributed by atoms with Crippen LogP contribution < -0.4 is 10.1 Å². The number of urea groups is 1. The van der Waals surface area contributed by atoms with E-state index in [4.69, 9.17) is 9.84 Å². The van der Waals surface area contributed by atoms with Crippen molar-refractivity contribution in [2.75, 3.05) is 13.2 Å². The second kappa shape index (κ2) is 10.9. The van der Waals surface area contributed by atoms with Crippen molar-refractivity contribution in [1.29, 1.82) is 0 Å². The number of H-pyrrole nitrogens is 1. The van der Waals surface area contributed by atoms with Gasteiger partial charge in [-0.05, 0) is 58.5 Å². The zero-order chi connectivity index (χ0) is 25.9. The van der Waals surface area contributed by atoms with E-state index in [2.05, 4.69) is 20.3 Å². The zero-order valence-electron chi connectivity index (χ0n) is 19.2. The molecule has 4 aromatic rings. The number of nitrogens with zero attached hydrogens (tertiary/aromatic N) is 3. The van der Waals surface area contributed by atoms with Gasteiger partial charge in [-0.1, -0.05) is 12.1 Å². The molecule has 37 heavy (non-hydrogen) atoms. The van der Waals surface area contributed by atoms with Gasteiger partial charge < -0.3 is 20.1 Å². The maximum Gasteiger partial charge on any atom is 0.325 e. The maximum absolute atomic E-state index is 14.6. The molecule has 1 aliphatic heterocycles. The van der Waals surface area contributed by atoms with Crippen LogP contribution in [0.3, 0.4) is 0 Å². The van der Waals surface area contributed by atoms with Crippen LogP contribution in [0.2, 0.25) is 0 Å². The van der Waals surface area contributed by atoms with Crippen LogP contribution in [0.15, 0.2) is 59.6 Å². The molecular weight excluding hydrogens is 612 g/mol. The Bertz CT molecular complexity index is 1410. The number of carbonyl (C=O) groups is 2. The van der Waals surface area contributed by atoms with Gasteiger partial charge in [0.05, 0.1) is 29.7 Å². The lowest BCUT2D eigenvalue weighted by molar-refractivity contribution is -0.129. The molecule has 2 aromatic carbocycles. The first kappa shape index (κ1) is 25.3. The van der Waals surface area contributed by atoms with Gasteiger partial charge in [0.1, 0.15) is 36.1 Å². The Labute approximate surface area is 228 Å². The standard InChI is InChI=1S/C25H21FIN5O4S/c26-19-9-15(27)3-6-18(19)20-11-28-23(30-20)21(10-16-12-37-13-29-16)32-24(34)22(31-25(32)35)14-1-4-17(5-2-14)36-8-7-33/h1-6,9,11-13,21-22,33H,7-8,10H2,(H,28,30)(H,31,35)/t21-,22?/m0/s1. The van der Waals surface area contributed by atoms with Crippen LogP contribution in [0.1, 0.15) is 29.2 Å². The zero-order valence-corrected chi connectivity index (χ0v) is 22.2. The Morgan fingerprint density at radius 3 is 2.70 bits per heavy atom. The van der Waals surface area contributed by atoms with Gasteiger partial charge in [0, 0.05) is 20.9 Å². The lowest BCUT2D eigenvalue weighted by atomic mass is 10.1. The number of aromatic amines is 1. The van der Waals surface area contributed by atoms with E-state index in [1.807, 2.05) is 28.0 Å². The first-order valence-corrected chi connectivity index (χ1v) is 13.3. The number of hydrogen-bond acceptors (Lipinski definition) is 7. The van der Waals surface area contributed by atoms with Gasteiger partial charge in [-0.3, -0.25) is 9.69 Å². The van der Waals surface area contributed by atoms with E-state index in [0.717, 1.165) is 8.47 Å². The van der Waals surface area contributed by atoms with Crippen molar-refractivity contribution in [2.24, 2.45) is 0 Å². The van der Waals surface area contributed by atoms with Crippen LogP contribution in [-0.4, -0.2) is 50.1 Å². The Morgan fingerprint density at radius 2 is 2.00 bits per heavy atom. The Balaban J connectivity index is 1.45. The summed E-state index contributed by atoms with van der Waals surface area (Å²) in [4.78, 5) is 39.7. The van der Waals surface area contributed by atoms with E-state index in [-0.39, 0.29) is 19.6 Å². The van der Waals surface area contributed by atoms with E-state index in [1.165, 1.54) is 23.6 Å². The third-order valence-electron chi connectivity index (χ3n) is 5.87. The average Bonchev–Trinajstić information content (AvgIpc) is 3.63. The number of hydrogen-bond donors (Lipinski definition) is 3. The molecule has 190 valence electrons. The number of aliphatic hydroxyl groups excluding tert-OH is 1. The van der Waals surface area contributed by atoms with Crippen molar-refractivity contribution in [1.82, 2.24) is 25.2 Å². The van der Waals surface area contributed by atoms with Gasteiger partial charge >= 0.3 is 6.03 Å². The molecule has 0 saturated carbocycles. The number of nitrogens with one attached hydrogen (secondary N) is 2. The molecule has 2 atom stereocenters. The van der Waals surface area contributed by atoms with Crippen LogP contribution in [0.5, 0.6) is 5.75 Å². The smallest absolute Gasteiger partial charge is 0.325 e. The molecule has 0 aliphatic carbocycles. The number of aliphatic hydroxyl groups is 1. The number of halogens is 2. The highest BCUT2D eigenvalue weighted by atomic mass is 127. The van der Waals surface area contributed by atoms with Crippen LogP contribution in [0, 0.1) is 9.39 Å². The van der Waals surface area contributed by atoms with Gasteiger partial charge in [-0.15, -0.1) is 11.3 Å². The fraction of sp³-hybridized carbons (Fsp3) is 0.200. The van der Waals surface area contributed by atoms with Crippen molar-refractivity contribution in [3.05, 3.63) is 86.0 Å². The van der Waals surface area contributed by atoms with Gasteiger partial charge in [-0.25, -0.2) is 19.2 Å². The molecule has 0 radical (unpaired) electrons. The van der Waals surface area contributed by atoms with Crippen molar-refractivity contribution in [3.8, 4) is 17.0 Å². The molecule has 5 rings (SSSR count). The summed E-state index contributed by atoms with van der Waals surface area (Å²) < 4.78 is 20.7. The lowest BCUT2D eigenvalue weighted by Crippen LogP contribution is -2.37. The van der Waals surface area contributed by atoms with E-state index >= 15 is 0 Å². The van der Waals surface area contributed by atoms with Crippen LogP contribution >= 0.6 is 33.9 Å². The highest BCUT2D eigenvalue weighted by molar-refractivity contribution is 14.1. The number of ether oxygens (including phenoxy) is 1. The summed E-state index contributed by atoms with van der Waals surface area (Å²) >= 11 is 3.44. The number of benzene rings is 2. The number of imidazole rings is 1. The van der Waals surface area contributed by atoms with E-state index in [9.17, 15) is 14.0 Å². The summed E-state index contributed by atoms with van der Waals surface area (Å²) in [5, 5.41) is 13.5. The molecule has 1 aliphatic rings. The number of imide groups is 1. The first-order chi connectivity index (χ1) is 17.9. The molecule has 1 fully saturated rings. The van der Waals surface area contributed by atoms with Crippen molar-refractivity contribution in [3.63, 3.8) is 0 Å². The fourth-order valence-corrected chi connectivity index (χ4v) is 5.16. The minimum Gasteiger partial charge on any atom is -0.491 e. The lowest BCUT2D eigenvalue weighted by Gasteiger charge is -2.23. The van der Waals surface area contributed by atoms with Crippen LogP contribution in [0.25, 0.3) is 11.3 Å². The number of amides is 3. The van der Waals surface area contributed by atoms with Gasteiger partial charge in [-0.2, -0.15) is 0 Å². The normalized spacial score (nSPS) is 16.2. The third kappa shape index (κ3) is 5.36. The quantitative estimate of drug-likeness (QED) is 0.188. The molecule has 0 bridgehead atoms. The summed E-state index contributed by atoms with van der Waals surface area (Å²) in [6, 6.07) is 9.36. The Kier molecular flexibility index (Phi) is 7.48. The molecule has 3 amide bonds. The van der Waals surface area contributed by atoms with Crippen molar-refractivity contribution >= 4 is 45.9 Å². The number of rotatable bonds is 9. The fourth-order valence-electron chi connectivity index (χ4n) is 4.13. The second-order valence-electron chi connectivity index (χ2n) is 8.24. The third-order valence-corrected chi connectivity index (χ3v) is 7.18. The van der Waals surface area contributed by atoms with Gasteiger partial charge in [0.25, 0.3) is 5.91 Å². The maximum atomic E-state index is 14.6.